The normalized spacial score (nSPS) is 13.0. The molecule has 0 aromatic carbocycles. The minimum atomic E-state index is 0.577. The first-order valence-electron chi connectivity index (χ1n) is 6.40. The molecule has 0 fully saturated rings. The minimum absolute atomic E-state index is 0.577. The molecule has 2 nitrogen and oxygen atoms in total. The van der Waals surface area contributed by atoms with Crippen LogP contribution in [-0.2, 0) is 6.54 Å². The molecular formula is C14H23BrN2. The summed E-state index contributed by atoms with van der Waals surface area (Å²) in [6.45, 7) is 7.72. The van der Waals surface area contributed by atoms with Crippen LogP contribution in [-0.4, -0.2) is 11.0 Å². The van der Waals surface area contributed by atoms with Crippen molar-refractivity contribution in [3.63, 3.8) is 0 Å². The van der Waals surface area contributed by atoms with Crippen LogP contribution in [0, 0.1) is 5.92 Å². The zero-order valence-electron chi connectivity index (χ0n) is 11.0. The number of hydrogen-bond acceptors (Lipinski definition) is 2. The van der Waals surface area contributed by atoms with Gasteiger partial charge in [-0.15, -0.1) is 0 Å². The van der Waals surface area contributed by atoms with E-state index in [4.69, 9.17) is 0 Å². The van der Waals surface area contributed by atoms with Crippen LogP contribution in [0.2, 0.25) is 0 Å². The zero-order valence-corrected chi connectivity index (χ0v) is 12.6. The third-order valence-corrected chi connectivity index (χ3v) is 3.27. The number of nitrogens with zero attached hydrogens (tertiary/aromatic N) is 1. The largest absolute Gasteiger partial charge is 0.310 e. The summed E-state index contributed by atoms with van der Waals surface area (Å²) in [5, 5.41) is 3.54. The SMILES string of the molecule is CC(C)CCCC(C)NCc1cncc(Br)c1. The Morgan fingerprint density at radius 1 is 1.24 bits per heavy atom. The molecule has 0 amide bonds. The third kappa shape index (κ3) is 6.79. The molecule has 0 aliphatic carbocycles. The first-order valence-corrected chi connectivity index (χ1v) is 7.20. The van der Waals surface area contributed by atoms with Crippen molar-refractivity contribution in [1.29, 1.82) is 0 Å². The Morgan fingerprint density at radius 3 is 2.65 bits per heavy atom. The molecule has 96 valence electrons. The number of pyridine rings is 1. The van der Waals surface area contributed by atoms with Gasteiger partial charge in [0.05, 0.1) is 0 Å². The van der Waals surface area contributed by atoms with Crippen LogP contribution in [0.4, 0.5) is 0 Å². The predicted molar refractivity (Wildman–Crippen MR) is 76.9 cm³/mol. The maximum absolute atomic E-state index is 4.16. The number of rotatable bonds is 7. The Bertz CT molecular complexity index is 326. The predicted octanol–water partition coefficient (Wildman–Crippen LogP) is 4.15. The van der Waals surface area contributed by atoms with Gasteiger partial charge in [0, 0.05) is 29.5 Å². The van der Waals surface area contributed by atoms with Crippen LogP contribution < -0.4 is 5.32 Å². The highest BCUT2D eigenvalue weighted by Crippen LogP contribution is 2.11. The molecule has 0 aliphatic heterocycles. The summed E-state index contributed by atoms with van der Waals surface area (Å²) in [6.07, 6.45) is 7.61. The van der Waals surface area contributed by atoms with E-state index in [1.54, 1.807) is 0 Å². The van der Waals surface area contributed by atoms with E-state index in [1.807, 2.05) is 12.4 Å². The average Bonchev–Trinajstić information content (AvgIpc) is 2.26. The number of nitrogens with one attached hydrogen (secondary N) is 1. The van der Waals surface area contributed by atoms with Crippen LogP contribution in [0.3, 0.4) is 0 Å². The molecule has 1 atom stereocenters. The van der Waals surface area contributed by atoms with Gasteiger partial charge in [-0.05, 0) is 46.8 Å². The van der Waals surface area contributed by atoms with E-state index in [9.17, 15) is 0 Å². The van der Waals surface area contributed by atoms with Crippen molar-refractivity contribution in [3.05, 3.63) is 28.5 Å². The molecule has 1 unspecified atom stereocenters. The lowest BCUT2D eigenvalue weighted by Crippen LogP contribution is -2.25. The van der Waals surface area contributed by atoms with Crippen molar-refractivity contribution in [2.24, 2.45) is 5.92 Å². The molecule has 0 radical (unpaired) electrons. The highest BCUT2D eigenvalue weighted by atomic mass is 79.9. The second-order valence-corrected chi connectivity index (χ2v) is 6.03. The third-order valence-electron chi connectivity index (χ3n) is 2.83. The van der Waals surface area contributed by atoms with Crippen molar-refractivity contribution < 1.29 is 0 Å². The van der Waals surface area contributed by atoms with Crippen LogP contribution in [0.15, 0.2) is 22.9 Å². The smallest absolute Gasteiger partial charge is 0.0410 e. The van der Waals surface area contributed by atoms with Crippen molar-refractivity contribution in [3.8, 4) is 0 Å². The molecule has 0 aliphatic rings. The Labute approximate surface area is 113 Å². The van der Waals surface area contributed by atoms with E-state index in [0.717, 1.165) is 16.9 Å². The lowest BCUT2D eigenvalue weighted by Gasteiger charge is -2.14. The Morgan fingerprint density at radius 2 is 2.00 bits per heavy atom. The van der Waals surface area contributed by atoms with E-state index in [0.29, 0.717) is 6.04 Å². The maximum atomic E-state index is 4.16. The Balaban J connectivity index is 2.21. The van der Waals surface area contributed by atoms with Gasteiger partial charge in [-0.25, -0.2) is 0 Å². The molecular weight excluding hydrogens is 276 g/mol. The highest BCUT2D eigenvalue weighted by molar-refractivity contribution is 9.10. The quantitative estimate of drug-likeness (QED) is 0.818. The molecule has 0 saturated carbocycles. The van der Waals surface area contributed by atoms with Crippen molar-refractivity contribution in [2.45, 2.75) is 52.6 Å². The first kappa shape index (κ1) is 14.7. The lowest BCUT2D eigenvalue weighted by atomic mass is 10.0. The number of hydrogen-bond donors (Lipinski definition) is 1. The molecule has 0 saturated heterocycles. The fourth-order valence-corrected chi connectivity index (χ4v) is 2.19. The van der Waals surface area contributed by atoms with Gasteiger partial charge in [0.25, 0.3) is 0 Å². The first-order chi connectivity index (χ1) is 8.08. The lowest BCUT2D eigenvalue weighted by molar-refractivity contribution is 0.457. The van der Waals surface area contributed by atoms with Crippen LogP contribution >= 0.6 is 15.9 Å². The molecule has 1 N–H and O–H groups in total. The van der Waals surface area contributed by atoms with Gasteiger partial charge in [0.2, 0.25) is 0 Å². The summed E-state index contributed by atoms with van der Waals surface area (Å²) < 4.78 is 1.05. The van der Waals surface area contributed by atoms with E-state index < -0.39 is 0 Å². The maximum Gasteiger partial charge on any atom is 0.0410 e. The molecule has 17 heavy (non-hydrogen) atoms. The summed E-state index contributed by atoms with van der Waals surface area (Å²) in [7, 11) is 0. The summed E-state index contributed by atoms with van der Waals surface area (Å²) >= 11 is 3.44. The fourth-order valence-electron chi connectivity index (χ4n) is 1.78. The molecule has 0 spiro atoms. The molecule has 1 aromatic heterocycles. The number of halogens is 1. The molecule has 3 heteroatoms. The zero-order chi connectivity index (χ0) is 12.7. The molecule has 1 rings (SSSR count). The van der Waals surface area contributed by atoms with Gasteiger partial charge in [0.15, 0.2) is 0 Å². The van der Waals surface area contributed by atoms with E-state index in [-0.39, 0.29) is 0 Å². The Hall–Kier alpha value is -0.410. The Kier molecular flexibility index (Phi) is 6.75. The topological polar surface area (TPSA) is 24.9 Å². The molecule has 0 bridgehead atoms. The highest BCUT2D eigenvalue weighted by Gasteiger charge is 2.03. The van der Waals surface area contributed by atoms with Gasteiger partial charge in [-0.3, -0.25) is 4.98 Å². The van der Waals surface area contributed by atoms with E-state index in [1.165, 1.54) is 24.8 Å². The summed E-state index contributed by atoms with van der Waals surface area (Å²) in [5.74, 6) is 0.816. The average molecular weight is 299 g/mol. The van der Waals surface area contributed by atoms with Gasteiger partial charge in [0.1, 0.15) is 0 Å². The monoisotopic (exact) mass is 298 g/mol. The summed E-state index contributed by atoms with van der Waals surface area (Å²) in [6, 6.07) is 2.69. The van der Waals surface area contributed by atoms with Gasteiger partial charge in [-0.2, -0.15) is 0 Å². The molecule has 1 aromatic rings. The van der Waals surface area contributed by atoms with Crippen molar-refractivity contribution in [1.82, 2.24) is 10.3 Å². The van der Waals surface area contributed by atoms with Crippen molar-refractivity contribution >= 4 is 15.9 Å². The summed E-state index contributed by atoms with van der Waals surface area (Å²) in [5.41, 5.74) is 1.23. The van der Waals surface area contributed by atoms with Gasteiger partial charge >= 0.3 is 0 Å². The fraction of sp³-hybridized carbons (Fsp3) is 0.643. The van der Waals surface area contributed by atoms with E-state index >= 15 is 0 Å². The van der Waals surface area contributed by atoms with Crippen LogP contribution in [0.1, 0.15) is 45.6 Å². The van der Waals surface area contributed by atoms with Crippen LogP contribution in [0.5, 0.6) is 0 Å². The second kappa shape index (κ2) is 7.83. The van der Waals surface area contributed by atoms with Crippen LogP contribution in [0.25, 0.3) is 0 Å². The van der Waals surface area contributed by atoms with Crippen molar-refractivity contribution in [2.75, 3.05) is 0 Å². The summed E-state index contributed by atoms with van der Waals surface area (Å²) in [4.78, 5) is 4.16. The minimum Gasteiger partial charge on any atom is -0.310 e. The number of aromatic nitrogens is 1. The van der Waals surface area contributed by atoms with Gasteiger partial charge in [-0.1, -0.05) is 26.7 Å². The standard InChI is InChI=1S/C14H23BrN2/c1-11(2)5-4-6-12(3)17-9-13-7-14(15)10-16-8-13/h7-8,10-12,17H,4-6,9H2,1-3H3. The second-order valence-electron chi connectivity index (χ2n) is 5.12. The van der Waals surface area contributed by atoms with E-state index in [2.05, 4.69) is 53.1 Å². The molecule has 1 heterocycles. The van der Waals surface area contributed by atoms with Gasteiger partial charge < -0.3 is 5.32 Å².